The highest BCUT2D eigenvalue weighted by Crippen LogP contribution is 2.23. The zero-order valence-corrected chi connectivity index (χ0v) is 20.6. The molecule has 178 valence electrons. The lowest BCUT2D eigenvalue weighted by Gasteiger charge is -2.37. The van der Waals surface area contributed by atoms with Gasteiger partial charge in [-0.25, -0.2) is 0 Å². The molecule has 1 aliphatic rings. The number of carbonyl (C=O) groups excluding carboxylic acids is 2. The van der Waals surface area contributed by atoms with E-state index in [-0.39, 0.29) is 23.3 Å². The summed E-state index contributed by atoms with van der Waals surface area (Å²) in [7, 11) is 1.65. The highest BCUT2D eigenvalue weighted by atomic mass is 16.5. The minimum Gasteiger partial charge on any atom is -0.497 e. The molecule has 0 radical (unpaired) electrons. The van der Waals surface area contributed by atoms with E-state index in [0.717, 1.165) is 23.4 Å². The molecule has 2 amide bonds. The van der Waals surface area contributed by atoms with Crippen molar-refractivity contribution >= 4 is 17.5 Å². The summed E-state index contributed by atoms with van der Waals surface area (Å²) in [5.41, 5.74) is 3.26. The fourth-order valence-electron chi connectivity index (χ4n) is 4.03. The third-order valence-electron chi connectivity index (χ3n) is 6.40. The Labute approximate surface area is 197 Å². The van der Waals surface area contributed by atoms with E-state index >= 15 is 0 Å². The predicted molar refractivity (Wildman–Crippen MR) is 133 cm³/mol. The molecule has 1 heterocycles. The maximum absolute atomic E-state index is 12.8. The zero-order valence-electron chi connectivity index (χ0n) is 20.6. The Morgan fingerprint density at radius 3 is 2.12 bits per heavy atom. The SMILES string of the molecule is COc1ccc(CCC(=O)N2CCN(C(C)C(=O)Nc3ccc(C(C)(C)C)cc3)CC2)cc1. The van der Waals surface area contributed by atoms with Gasteiger partial charge in [0.1, 0.15) is 5.75 Å². The van der Waals surface area contributed by atoms with Crippen molar-refractivity contribution in [2.75, 3.05) is 38.6 Å². The predicted octanol–water partition coefficient (Wildman–Crippen LogP) is 4.10. The van der Waals surface area contributed by atoms with Gasteiger partial charge in [0.25, 0.3) is 0 Å². The van der Waals surface area contributed by atoms with E-state index in [0.29, 0.717) is 32.6 Å². The summed E-state index contributed by atoms with van der Waals surface area (Å²) >= 11 is 0. The van der Waals surface area contributed by atoms with Crippen molar-refractivity contribution in [3.8, 4) is 5.75 Å². The second-order valence-electron chi connectivity index (χ2n) is 9.76. The summed E-state index contributed by atoms with van der Waals surface area (Å²) in [4.78, 5) is 29.5. The van der Waals surface area contributed by atoms with Gasteiger partial charge in [0, 0.05) is 38.3 Å². The van der Waals surface area contributed by atoms with Crippen LogP contribution in [0.15, 0.2) is 48.5 Å². The molecule has 2 aromatic rings. The first kappa shape index (κ1) is 24.8. The van der Waals surface area contributed by atoms with Gasteiger partial charge in [0.15, 0.2) is 0 Å². The lowest BCUT2D eigenvalue weighted by atomic mass is 9.87. The van der Waals surface area contributed by atoms with Crippen LogP contribution in [0, 0.1) is 0 Å². The standard InChI is InChI=1S/C27H37N3O3/c1-20(26(32)28-23-11-9-22(10-12-23)27(2,3)4)29-16-18-30(19-17-29)25(31)15-8-21-6-13-24(33-5)14-7-21/h6-7,9-14,20H,8,15-19H2,1-5H3,(H,28,32). The van der Waals surface area contributed by atoms with Crippen molar-refractivity contribution in [3.63, 3.8) is 0 Å². The maximum Gasteiger partial charge on any atom is 0.241 e. The molecular formula is C27H37N3O3. The van der Waals surface area contributed by atoms with Gasteiger partial charge < -0.3 is 15.0 Å². The first-order valence-electron chi connectivity index (χ1n) is 11.7. The van der Waals surface area contributed by atoms with Gasteiger partial charge in [-0.2, -0.15) is 0 Å². The Morgan fingerprint density at radius 1 is 0.970 bits per heavy atom. The number of benzene rings is 2. The molecule has 2 aromatic carbocycles. The minimum atomic E-state index is -0.246. The summed E-state index contributed by atoms with van der Waals surface area (Å²) < 4.78 is 5.18. The molecule has 1 N–H and O–H groups in total. The van der Waals surface area contributed by atoms with Gasteiger partial charge in [0.2, 0.25) is 11.8 Å². The molecule has 1 aliphatic heterocycles. The number of aryl methyl sites for hydroxylation is 1. The number of nitrogens with zero attached hydrogens (tertiary/aromatic N) is 2. The van der Waals surface area contributed by atoms with Crippen LogP contribution in [0.2, 0.25) is 0 Å². The Hall–Kier alpha value is -2.86. The van der Waals surface area contributed by atoms with Gasteiger partial charge >= 0.3 is 0 Å². The zero-order chi connectivity index (χ0) is 24.0. The van der Waals surface area contributed by atoms with Crippen LogP contribution in [0.1, 0.15) is 45.2 Å². The van der Waals surface area contributed by atoms with E-state index in [1.807, 2.05) is 48.2 Å². The molecular weight excluding hydrogens is 414 g/mol. The first-order valence-corrected chi connectivity index (χ1v) is 11.7. The Balaban J connectivity index is 1.44. The quantitative estimate of drug-likeness (QED) is 0.689. The fraction of sp³-hybridized carbons (Fsp3) is 0.481. The number of ether oxygens (including phenoxy) is 1. The van der Waals surface area contributed by atoms with Gasteiger partial charge in [0.05, 0.1) is 13.2 Å². The molecule has 3 rings (SSSR count). The molecule has 0 saturated carbocycles. The molecule has 0 spiro atoms. The molecule has 0 aliphatic carbocycles. The van der Waals surface area contributed by atoms with Crippen molar-refractivity contribution in [2.24, 2.45) is 0 Å². The highest BCUT2D eigenvalue weighted by Gasteiger charge is 2.27. The second-order valence-corrected chi connectivity index (χ2v) is 9.76. The number of rotatable bonds is 7. The lowest BCUT2D eigenvalue weighted by molar-refractivity contribution is -0.133. The van der Waals surface area contributed by atoms with E-state index in [1.165, 1.54) is 5.56 Å². The monoisotopic (exact) mass is 451 g/mol. The number of hydrogen-bond donors (Lipinski definition) is 1. The molecule has 33 heavy (non-hydrogen) atoms. The van der Waals surface area contributed by atoms with E-state index in [1.54, 1.807) is 7.11 Å². The molecule has 6 heteroatoms. The number of nitrogens with one attached hydrogen (secondary N) is 1. The van der Waals surface area contributed by atoms with Crippen molar-refractivity contribution in [2.45, 2.75) is 52.0 Å². The molecule has 1 fully saturated rings. The molecule has 0 bridgehead atoms. The molecule has 6 nitrogen and oxygen atoms in total. The van der Waals surface area contributed by atoms with E-state index in [9.17, 15) is 9.59 Å². The van der Waals surface area contributed by atoms with Crippen molar-refractivity contribution < 1.29 is 14.3 Å². The number of piperazine rings is 1. The fourth-order valence-corrected chi connectivity index (χ4v) is 4.03. The van der Waals surface area contributed by atoms with Crippen LogP contribution < -0.4 is 10.1 Å². The van der Waals surface area contributed by atoms with E-state index in [4.69, 9.17) is 4.74 Å². The minimum absolute atomic E-state index is 0.0159. The van der Waals surface area contributed by atoms with Crippen LogP contribution in [0.5, 0.6) is 5.75 Å². The summed E-state index contributed by atoms with van der Waals surface area (Å²) in [6, 6.07) is 15.7. The number of anilines is 1. The normalized spacial score (nSPS) is 15.7. The third-order valence-corrected chi connectivity index (χ3v) is 6.40. The Morgan fingerprint density at radius 2 is 1.58 bits per heavy atom. The first-order chi connectivity index (χ1) is 15.7. The number of carbonyl (C=O) groups is 2. The third kappa shape index (κ3) is 6.81. The van der Waals surface area contributed by atoms with Crippen molar-refractivity contribution in [3.05, 3.63) is 59.7 Å². The van der Waals surface area contributed by atoms with Crippen LogP contribution in [-0.4, -0.2) is 60.9 Å². The van der Waals surface area contributed by atoms with Crippen LogP contribution in [0.4, 0.5) is 5.69 Å². The Kier molecular flexibility index (Phi) is 8.14. The number of amides is 2. The highest BCUT2D eigenvalue weighted by molar-refractivity contribution is 5.94. The van der Waals surface area contributed by atoms with Gasteiger partial charge in [-0.3, -0.25) is 14.5 Å². The van der Waals surface area contributed by atoms with E-state index in [2.05, 4.69) is 43.1 Å². The molecule has 1 atom stereocenters. The summed E-state index contributed by atoms with van der Waals surface area (Å²) in [6.07, 6.45) is 1.21. The molecule has 1 saturated heterocycles. The van der Waals surface area contributed by atoms with Gasteiger partial charge in [-0.05, 0) is 54.2 Å². The van der Waals surface area contributed by atoms with Crippen LogP contribution in [-0.2, 0) is 21.4 Å². The van der Waals surface area contributed by atoms with E-state index < -0.39 is 0 Å². The lowest BCUT2D eigenvalue weighted by Crippen LogP contribution is -2.54. The summed E-state index contributed by atoms with van der Waals surface area (Å²) in [5.74, 6) is 0.973. The smallest absolute Gasteiger partial charge is 0.241 e. The van der Waals surface area contributed by atoms with Crippen LogP contribution in [0.25, 0.3) is 0 Å². The number of methoxy groups -OCH3 is 1. The average Bonchev–Trinajstić information content (AvgIpc) is 2.82. The largest absolute Gasteiger partial charge is 0.497 e. The van der Waals surface area contributed by atoms with Crippen LogP contribution >= 0.6 is 0 Å². The average molecular weight is 452 g/mol. The van der Waals surface area contributed by atoms with Gasteiger partial charge in [-0.1, -0.05) is 45.0 Å². The maximum atomic E-state index is 12.8. The Bertz CT molecular complexity index is 925. The summed E-state index contributed by atoms with van der Waals surface area (Å²) in [6.45, 7) is 11.2. The molecule has 0 aromatic heterocycles. The van der Waals surface area contributed by atoms with Crippen LogP contribution in [0.3, 0.4) is 0 Å². The van der Waals surface area contributed by atoms with Crippen molar-refractivity contribution in [1.82, 2.24) is 9.80 Å². The number of hydrogen-bond acceptors (Lipinski definition) is 4. The topological polar surface area (TPSA) is 61.9 Å². The second kappa shape index (κ2) is 10.8. The summed E-state index contributed by atoms with van der Waals surface area (Å²) in [5, 5.41) is 3.03. The molecule has 1 unspecified atom stereocenters. The van der Waals surface area contributed by atoms with Crippen molar-refractivity contribution in [1.29, 1.82) is 0 Å². The van der Waals surface area contributed by atoms with Gasteiger partial charge in [-0.15, -0.1) is 0 Å².